The van der Waals surface area contributed by atoms with E-state index in [9.17, 15) is 14.0 Å². The number of hydrogen-bond acceptors (Lipinski definition) is 4. The zero-order valence-electron chi connectivity index (χ0n) is 16.9. The fourth-order valence-electron chi connectivity index (χ4n) is 3.19. The number of aryl methyl sites for hydroxylation is 1. The number of carbonyl (C=O) groups excluding carboxylic acids is 2. The van der Waals surface area contributed by atoms with Crippen molar-refractivity contribution in [3.8, 4) is 5.75 Å². The van der Waals surface area contributed by atoms with Crippen molar-refractivity contribution < 1.29 is 18.7 Å². The van der Waals surface area contributed by atoms with Gasteiger partial charge in [0.2, 0.25) is 0 Å². The molecule has 31 heavy (non-hydrogen) atoms. The van der Waals surface area contributed by atoms with Crippen LogP contribution in [-0.2, 0) is 17.9 Å². The van der Waals surface area contributed by atoms with Crippen molar-refractivity contribution in [2.24, 2.45) is 0 Å². The predicted molar refractivity (Wildman–Crippen MR) is 120 cm³/mol. The lowest BCUT2D eigenvalue weighted by Crippen LogP contribution is -2.27. The monoisotopic (exact) mass is 433 g/mol. The Morgan fingerprint density at radius 2 is 1.77 bits per heavy atom. The number of ether oxygens (including phenoxy) is 1. The Morgan fingerprint density at radius 1 is 1.00 bits per heavy atom. The number of benzene rings is 3. The highest BCUT2D eigenvalue weighted by atomic mass is 32.2. The molecule has 6 heteroatoms. The van der Waals surface area contributed by atoms with Crippen molar-refractivity contribution in [3.05, 3.63) is 106 Å². The van der Waals surface area contributed by atoms with Crippen molar-refractivity contribution >= 4 is 29.0 Å². The summed E-state index contributed by atoms with van der Waals surface area (Å²) in [6.07, 6.45) is 1.70. The van der Waals surface area contributed by atoms with Crippen LogP contribution in [0.3, 0.4) is 0 Å². The van der Waals surface area contributed by atoms with Crippen LogP contribution in [0.4, 0.5) is 9.18 Å². The topological polar surface area (TPSA) is 46.6 Å². The normalized spacial score (nSPS) is 15.0. The van der Waals surface area contributed by atoms with Gasteiger partial charge in [0.25, 0.3) is 11.1 Å². The van der Waals surface area contributed by atoms with Crippen LogP contribution in [0.15, 0.2) is 77.7 Å². The van der Waals surface area contributed by atoms with E-state index in [1.54, 1.807) is 24.3 Å². The molecule has 0 bridgehead atoms. The van der Waals surface area contributed by atoms with E-state index in [1.165, 1.54) is 17.0 Å². The molecule has 1 aliphatic heterocycles. The molecule has 4 nitrogen and oxygen atoms in total. The average molecular weight is 434 g/mol. The number of rotatable bonds is 6. The standard InChI is InChI=1S/C25H20FNO3S/c1-17-5-2-3-7-20(17)15-27-24(28)23(31-25(27)29)14-19-6-4-8-22(13-19)30-16-18-9-11-21(26)12-10-18/h2-14H,15-16H2,1H3/b23-14-. The second-order valence-corrected chi connectivity index (χ2v) is 8.18. The van der Waals surface area contributed by atoms with Crippen molar-refractivity contribution in [2.75, 3.05) is 0 Å². The van der Waals surface area contributed by atoms with Crippen molar-refractivity contribution in [2.45, 2.75) is 20.1 Å². The highest BCUT2D eigenvalue weighted by molar-refractivity contribution is 8.18. The summed E-state index contributed by atoms with van der Waals surface area (Å²) in [7, 11) is 0. The van der Waals surface area contributed by atoms with Crippen molar-refractivity contribution in [3.63, 3.8) is 0 Å². The molecule has 4 rings (SSSR count). The molecule has 0 unspecified atom stereocenters. The van der Waals surface area contributed by atoms with Crippen molar-refractivity contribution in [1.29, 1.82) is 0 Å². The molecule has 0 saturated carbocycles. The van der Waals surface area contributed by atoms with Gasteiger partial charge in [-0.3, -0.25) is 14.5 Å². The molecule has 0 spiro atoms. The van der Waals surface area contributed by atoms with Gasteiger partial charge < -0.3 is 4.74 Å². The molecule has 0 N–H and O–H groups in total. The van der Waals surface area contributed by atoms with Gasteiger partial charge in [0, 0.05) is 0 Å². The molecule has 2 amide bonds. The third kappa shape index (κ3) is 5.03. The number of thioether (sulfide) groups is 1. The summed E-state index contributed by atoms with van der Waals surface area (Å²) in [5.41, 5.74) is 3.60. The molecule has 0 atom stereocenters. The van der Waals surface area contributed by atoms with Gasteiger partial charge in [0.05, 0.1) is 11.4 Å². The van der Waals surface area contributed by atoms with Crippen molar-refractivity contribution in [1.82, 2.24) is 4.90 Å². The SMILES string of the molecule is Cc1ccccc1CN1C(=O)S/C(=C\c2cccc(OCc3ccc(F)cc3)c2)C1=O. The van der Waals surface area contributed by atoms with Crippen LogP contribution in [0.1, 0.15) is 22.3 Å². The summed E-state index contributed by atoms with van der Waals surface area (Å²) in [4.78, 5) is 26.9. The van der Waals surface area contributed by atoms with E-state index in [4.69, 9.17) is 4.74 Å². The Morgan fingerprint density at radius 3 is 2.55 bits per heavy atom. The third-order valence-electron chi connectivity index (χ3n) is 4.94. The lowest BCUT2D eigenvalue weighted by Gasteiger charge is -2.14. The van der Waals surface area contributed by atoms with Gasteiger partial charge in [-0.15, -0.1) is 0 Å². The zero-order chi connectivity index (χ0) is 21.8. The molecule has 1 fully saturated rings. The first-order valence-electron chi connectivity index (χ1n) is 9.77. The lowest BCUT2D eigenvalue weighted by atomic mass is 10.1. The first-order chi connectivity index (χ1) is 15.0. The maximum atomic E-state index is 13.0. The van der Waals surface area contributed by atoms with E-state index >= 15 is 0 Å². The summed E-state index contributed by atoms with van der Waals surface area (Å²) in [5.74, 6) is 0.0372. The Kier molecular flexibility index (Phi) is 6.18. The highest BCUT2D eigenvalue weighted by Gasteiger charge is 2.35. The molecule has 0 radical (unpaired) electrons. The maximum Gasteiger partial charge on any atom is 0.293 e. The predicted octanol–water partition coefficient (Wildman–Crippen LogP) is 5.95. The fourth-order valence-corrected chi connectivity index (χ4v) is 4.03. The molecular weight excluding hydrogens is 413 g/mol. The average Bonchev–Trinajstić information content (AvgIpc) is 3.02. The zero-order valence-corrected chi connectivity index (χ0v) is 17.7. The van der Waals surface area contributed by atoms with Crippen LogP contribution in [0.5, 0.6) is 5.75 Å². The van der Waals surface area contributed by atoms with E-state index < -0.39 is 0 Å². The number of nitrogens with zero attached hydrogens (tertiary/aromatic N) is 1. The second-order valence-electron chi connectivity index (χ2n) is 7.18. The first kappa shape index (κ1) is 20.9. The summed E-state index contributed by atoms with van der Waals surface area (Å²) in [6.45, 7) is 2.52. The Labute approximate surface area is 184 Å². The molecular formula is C25H20FNO3S. The molecule has 1 saturated heterocycles. The largest absolute Gasteiger partial charge is 0.489 e. The summed E-state index contributed by atoms with van der Waals surface area (Å²) in [6, 6.07) is 21.1. The van der Waals surface area contributed by atoms with Crippen LogP contribution >= 0.6 is 11.8 Å². The van der Waals surface area contributed by atoms with E-state index in [1.807, 2.05) is 49.4 Å². The van der Waals surface area contributed by atoms with Gasteiger partial charge in [-0.25, -0.2) is 4.39 Å². The first-order valence-corrected chi connectivity index (χ1v) is 10.6. The Hall–Kier alpha value is -3.38. The minimum Gasteiger partial charge on any atom is -0.489 e. The molecule has 3 aromatic rings. The number of hydrogen-bond donors (Lipinski definition) is 0. The number of amides is 2. The van der Waals surface area contributed by atoms with E-state index in [0.717, 1.165) is 34.0 Å². The van der Waals surface area contributed by atoms with Gasteiger partial charge in [-0.05, 0) is 71.3 Å². The van der Waals surface area contributed by atoms with E-state index in [2.05, 4.69) is 0 Å². The van der Waals surface area contributed by atoms with Gasteiger partial charge in [-0.1, -0.05) is 48.5 Å². The maximum absolute atomic E-state index is 13.0. The van der Waals surface area contributed by atoms with E-state index in [0.29, 0.717) is 17.3 Å². The van der Waals surface area contributed by atoms with Gasteiger partial charge in [0.1, 0.15) is 18.2 Å². The number of imide groups is 1. The Balaban J connectivity index is 1.46. The molecule has 156 valence electrons. The highest BCUT2D eigenvalue weighted by Crippen LogP contribution is 2.34. The summed E-state index contributed by atoms with van der Waals surface area (Å²) >= 11 is 0.941. The van der Waals surface area contributed by atoms with Crippen LogP contribution in [0, 0.1) is 12.7 Å². The quantitative estimate of drug-likeness (QED) is 0.451. The second kappa shape index (κ2) is 9.18. The van der Waals surface area contributed by atoms with Crippen LogP contribution in [0.25, 0.3) is 6.08 Å². The molecule has 0 aromatic heterocycles. The van der Waals surface area contributed by atoms with Gasteiger partial charge >= 0.3 is 0 Å². The van der Waals surface area contributed by atoms with Crippen LogP contribution < -0.4 is 4.74 Å². The molecule has 3 aromatic carbocycles. The molecule has 1 heterocycles. The van der Waals surface area contributed by atoms with Crippen LogP contribution in [0.2, 0.25) is 0 Å². The van der Waals surface area contributed by atoms with Gasteiger partial charge in [0.15, 0.2) is 0 Å². The summed E-state index contributed by atoms with van der Waals surface area (Å²) < 4.78 is 18.8. The molecule has 1 aliphatic rings. The smallest absolute Gasteiger partial charge is 0.293 e. The lowest BCUT2D eigenvalue weighted by molar-refractivity contribution is -0.123. The van der Waals surface area contributed by atoms with Gasteiger partial charge in [-0.2, -0.15) is 0 Å². The minimum atomic E-state index is -0.295. The number of halogens is 1. The Bertz CT molecular complexity index is 1160. The van der Waals surface area contributed by atoms with Crippen LogP contribution in [-0.4, -0.2) is 16.0 Å². The third-order valence-corrected chi connectivity index (χ3v) is 5.85. The minimum absolute atomic E-state index is 0.259. The molecule has 0 aliphatic carbocycles. The van der Waals surface area contributed by atoms with E-state index in [-0.39, 0.29) is 23.5 Å². The fraction of sp³-hybridized carbons (Fsp3) is 0.120. The summed E-state index contributed by atoms with van der Waals surface area (Å²) in [5, 5.41) is -0.275. The number of carbonyl (C=O) groups is 2.